The lowest BCUT2D eigenvalue weighted by Gasteiger charge is -2.37. The van der Waals surface area contributed by atoms with Gasteiger partial charge in [0, 0.05) is 72.0 Å². The highest BCUT2D eigenvalue weighted by molar-refractivity contribution is 5.79. The number of hydrogen-bond donors (Lipinski definition) is 2. The summed E-state index contributed by atoms with van der Waals surface area (Å²) in [5, 5.41) is 7.09. The van der Waals surface area contributed by atoms with Gasteiger partial charge in [-0.15, -0.1) is 0 Å². The monoisotopic (exact) mass is 396 g/mol. The Hall–Kier alpha value is -0.890. The van der Waals surface area contributed by atoms with E-state index in [2.05, 4.69) is 58.0 Å². The summed E-state index contributed by atoms with van der Waals surface area (Å²) in [6.45, 7) is 22.0. The Bertz CT molecular complexity index is 444. The normalized spacial score (nSPS) is 23.0. The molecule has 0 aromatic carbocycles. The summed E-state index contributed by atoms with van der Waals surface area (Å²) in [5.41, 5.74) is 0. The van der Waals surface area contributed by atoms with Crippen LogP contribution in [0.2, 0.25) is 0 Å². The topological polar surface area (TPSA) is 55.4 Å². The summed E-state index contributed by atoms with van der Waals surface area (Å²) in [6, 6.07) is 0.509. The van der Waals surface area contributed by atoms with Crippen LogP contribution in [-0.4, -0.2) is 112 Å². The summed E-state index contributed by atoms with van der Waals surface area (Å²) in [7, 11) is 1.86. The van der Waals surface area contributed by atoms with Crippen molar-refractivity contribution < 1.29 is 4.74 Å². The molecule has 2 rings (SSSR count). The second-order valence-electron chi connectivity index (χ2n) is 8.63. The second kappa shape index (κ2) is 12.6. The standard InChI is InChI=1S/C21H44N6O/c1-6-25-7-9-26(10-8-25)17-19(4)15-23-21(22-5)24-16-20(18(2)3)27-11-13-28-14-12-27/h18-20H,6-17H2,1-5H3,(H2,22,23,24). The molecule has 2 aliphatic rings. The fraction of sp³-hybridized carbons (Fsp3) is 0.952. The quantitative estimate of drug-likeness (QED) is 0.444. The summed E-state index contributed by atoms with van der Waals surface area (Å²) < 4.78 is 5.51. The van der Waals surface area contributed by atoms with Crippen LogP contribution in [-0.2, 0) is 4.74 Å². The number of hydrogen-bond acceptors (Lipinski definition) is 5. The zero-order valence-electron chi connectivity index (χ0n) is 18.9. The van der Waals surface area contributed by atoms with Crippen molar-refractivity contribution in [2.75, 3.05) is 85.7 Å². The van der Waals surface area contributed by atoms with Crippen LogP contribution in [0.25, 0.3) is 0 Å². The Balaban J connectivity index is 1.69. The molecule has 0 aliphatic carbocycles. The summed E-state index contributed by atoms with van der Waals surface area (Å²) in [6.07, 6.45) is 0. The van der Waals surface area contributed by atoms with Crippen LogP contribution in [0.5, 0.6) is 0 Å². The van der Waals surface area contributed by atoms with Gasteiger partial charge < -0.3 is 25.2 Å². The number of piperazine rings is 1. The molecule has 2 heterocycles. The van der Waals surface area contributed by atoms with Crippen molar-refractivity contribution in [1.82, 2.24) is 25.3 Å². The predicted molar refractivity (Wildman–Crippen MR) is 118 cm³/mol. The fourth-order valence-electron chi connectivity index (χ4n) is 4.18. The lowest BCUT2D eigenvalue weighted by molar-refractivity contribution is 0.00752. The Morgan fingerprint density at radius 1 is 0.929 bits per heavy atom. The van der Waals surface area contributed by atoms with Gasteiger partial charge in [-0.2, -0.15) is 0 Å². The molecule has 7 nitrogen and oxygen atoms in total. The molecule has 2 unspecified atom stereocenters. The predicted octanol–water partition coefficient (Wildman–Crippen LogP) is 0.782. The first-order chi connectivity index (χ1) is 13.5. The Morgan fingerprint density at radius 3 is 2.11 bits per heavy atom. The SMILES string of the molecule is CCN1CCN(CC(C)CNC(=NC)NCC(C(C)C)N2CCOCC2)CC1. The Kier molecular flexibility index (Phi) is 10.5. The van der Waals surface area contributed by atoms with Gasteiger partial charge in [0.1, 0.15) is 0 Å². The van der Waals surface area contributed by atoms with Gasteiger partial charge in [0.2, 0.25) is 0 Å². The van der Waals surface area contributed by atoms with Gasteiger partial charge in [0.25, 0.3) is 0 Å². The molecule has 0 spiro atoms. The third kappa shape index (κ3) is 7.85. The van der Waals surface area contributed by atoms with Crippen LogP contribution in [0.15, 0.2) is 4.99 Å². The minimum absolute atomic E-state index is 0.509. The van der Waals surface area contributed by atoms with E-state index in [9.17, 15) is 0 Å². The van der Waals surface area contributed by atoms with E-state index in [1.165, 1.54) is 32.7 Å². The molecule has 2 N–H and O–H groups in total. The first-order valence-electron chi connectivity index (χ1n) is 11.2. The average molecular weight is 397 g/mol. The molecule has 28 heavy (non-hydrogen) atoms. The van der Waals surface area contributed by atoms with Gasteiger partial charge in [0.15, 0.2) is 5.96 Å². The number of rotatable bonds is 9. The molecule has 2 fully saturated rings. The first-order valence-corrected chi connectivity index (χ1v) is 11.2. The van der Waals surface area contributed by atoms with Crippen molar-refractivity contribution in [3.63, 3.8) is 0 Å². The molecule has 0 aromatic heterocycles. The van der Waals surface area contributed by atoms with Crippen molar-refractivity contribution in [2.24, 2.45) is 16.8 Å². The lowest BCUT2D eigenvalue weighted by atomic mass is 10.0. The molecular weight excluding hydrogens is 352 g/mol. The van der Waals surface area contributed by atoms with Crippen molar-refractivity contribution >= 4 is 5.96 Å². The largest absolute Gasteiger partial charge is 0.379 e. The van der Waals surface area contributed by atoms with Crippen molar-refractivity contribution in [1.29, 1.82) is 0 Å². The summed E-state index contributed by atoms with van der Waals surface area (Å²) in [5.74, 6) is 2.12. The number of nitrogens with zero attached hydrogens (tertiary/aromatic N) is 4. The summed E-state index contributed by atoms with van der Waals surface area (Å²) >= 11 is 0. The molecule has 2 atom stereocenters. The maximum absolute atomic E-state index is 5.51. The van der Waals surface area contributed by atoms with E-state index in [-0.39, 0.29) is 0 Å². The van der Waals surface area contributed by atoms with E-state index in [0.717, 1.165) is 51.9 Å². The maximum atomic E-state index is 5.51. The van der Waals surface area contributed by atoms with Crippen LogP contribution in [0.1, 0.15) is 27.7 Å². The van der Waals surface area contributed by atoms with E-state index in [1.54, 1.807) is 0 Å². The Morgan fingerprint density at radius 2 is 1.54 bits per heavy atom. The molecule has 164 valence electrons. The molecule has 7 heteroatoms. The number of aliphatic imine (C=N–C) groups is 1. The zero-order valence-corrected chi connectivity index (χ0v) is 18.9. The highest BCUT2D eigenvalue weighted by atomic mass is 16.5. The van der Waals surface area contributed by atoms with Gasteiger partial charge in [-0.1, -0.05) is 27.7 Å². The van der Waals surface area contributed by atoms with Crippen LogP contribution in [0.3, 0.4) is 0 Å². The number of nitrogens with one attached hydrogen (secondary N) is 2. The van der Waals surface area contributed by atoms with Gasteiger partial charge in [0.05, 0.1) is 13.2 Å². The zero-order chi connectivity index (χ0) is 20.4. The van der Waals surface area contributed by atoms with Gasteiger partial charge in [-0.3, -0.25) is 9.89 Å². The number of likely N-dealkylation sites (N-methyl/N-ethyl adjacent to an activating group) is 1. The molecule has 0 radical (unpaired) electrons. The fourth-order valence-corrected chi connectivity index (χ4v) is 4.18. The van der Waals surface area contributed by atoms with Crippen molar-refractivity contribution in [3.05, 3.63) is 0 Å². The highest BCUT2D eigenvalue weighted by Crippen LogP contribution is 2.12. The minimum atomic E-state index is 0.509. The first kappa shape index (κ1) is 23.4. The molecule has 0 bridgehead atoms. The molecule has 0 saturated carbocycles. The third-order valence-electron chi connectivity index (χ3n) is 6.09. The van der Waals surface area contributed by atoms with E-state index in [0.29, 0.717) is 17.9 Å². The summed E-state index contributed by atoms with van der Waals surface area (Å²) in [4.78, 5) is 12.1. The molecule has 0 aromatic rings. The van der Waals surface area contributed by atoms with E-state index in [1.807, 2.05) is 7.05 Å². The lowest BCUT2D eigenvalue weighted by Crippen LogP contribution is -2.53. The molecule has 2 saturated heterocycles. The molecular formula is C21H44N6O. The average Bonchev–Trinajstić information content (AvgIpc) is 2.71. The maximum Gasteiger partial charge on any atom is 0.191 e. The minimum Gasteiger partial charge on any atom is -0.379 e. The van der Waals surface area contributed by atoms with E-state index in [4.69, 9.17) is 4.74 Å². The second-order valence-corrected chi connectivity index (χ2v) is 8.63. The third-order valence-corrected chi connectivity index (χ3v) is 6.09. The van der Waals surface area contributed by atoms with Crippen molar-refractivity contribution in [2.45, 2.75) is 33.7 Å². The number of morpholine rings is 1. The van der Waals surface area contributed by atoms with Crippen LogP contribution < -0.4 is 10.6 Å². The van der Waals surface area contributed by atoms with Gasteiger partial charge in [-0.05, 0) is 18.4 Å². The van der Waals surface area contributed by atoms with Crippen LogP contribution in [0, 0.1) is 11.8 Å². The smallest absolute Gasteiger partial charge is 0.191 e. The molecule has 2 aliphatic heterocycles. The number of ether oxygens (including phenoxy) is 1. The van der Waals surface area contributed by atoms with Crippen LogP contribution >= 0.6 is 0 Å². The van der Waals surface area contributed by atoms with E-state index < -0.39 is 0 Å². The number of guanidine groups is 1. The van der Waals surface area contributed by atoms with Crippen LogP contribution in [0.4, 0.5) is 0 Å². The highest BCUT2D eigenvalue weighted by Gasteiger charge is 2.24. The molecule has 0 amide bonds. The van der Waals surface area contributed by atoms with Gasteiger partial charge in [-0.25, -0.2) is 0 Å². The van der Waals surface area contributed by atoms with E-state index >= 15 is 0 Å². The van der Waals surface area contributed by atoms with Crippen molar-refractivity contribution in [3.8, 4) is 0 Å². The Labute approximate surface area is 172 Å². The van der Waals surface area contributed by atoms with Gasteiger partial charge >= 0.3 is 0 Å².